The van der Waals surface area contributed by atoms with E-state index in [1.165, 1.54) is 50.1 Å². The molecule has 1 heterocycles. The molecule has 57 heavy (non-hydrogen) atoms. The van der Waals surface area contributed by atoms with Crippen LogP contribution in [-0.2, 0) is 10.8 Å². The van der Waals surface area contributed by atoms with Gasteiger partial charge in [-0.05, 0) is 110 Å². The van der Waals surface area contributed by atoms with Gasteiger partial charge in [-0.15, -0.1) is 0 Å². The summed E-state index contributed by atoms with van der Waals surface area (Å²) in [6, 6.07) is 66.4. The number of benzene rings is 8. The quantitative estimate of drug-likeness (QED) is 0.169. The molecular formula is C55H45NO. The van der Waals surface area contributed by atoms with E-state index >= 15 is 0 Å². The minimum absolute atomic E-state index is 0.0712. The van der Waals surface area contributed by atoms with Crippen LogP contribution in [0.1, 0.15) is 51.3 Å². The minimum atomic E-state index is -0.120. The lowest BCUT2D eigenvalue weighted by atomic mass is 9.79. The summed E-state index contributed by atoms with van der Waals surface area (Å²) in [6.07, 6.45) is 0. The Bertz CT molecular complexity index is 2940. The number of para-hydroxylation sites is 2. The van der Waals surface area contributed by atoms with E-state index in [2.05, 4.69) is 209 Å². The van der Waals surface area contributed by atoms with E-state index in [9.17, 15) is 0 Å². The highest BCUT2D eigenvalue weighted by Crippen LogP contribution is 2.54. The van der Waals surface area contributed by atoms with Crippen LogP contribution >= 0.6 is 0 Å². The topological polar surface area (TPSA) is 16.4 Å². The molecule has 8 aromatic carbocycles. The van der Waals surface area contributed by atoms with Crippen molar-refractivity contribution in [1.82, 2.24) is 0 Å². The third-order valence-electron chi connectivity index (χ3n) is 12.1. The molecule has 0 fully saturated rings. The molecule has 1 aliphatic rings. The van der Waals surface area contributed by atoms with E-state index in [0.717, 1.165) is 50.1 Å². The second-order valence-electron chi connectivity index (χ2n) is 17.0. The van der Waals surface area contributed by atoms with E-state index in [1.54, 1.807) is 0 Å². The number of hydrogen-bond donors (Lipinski definition) is 0. The fourth-order valence-electron chi connectivity index (χ4n) is 8.94. The molecule has 0 bridgehead atoms. The van der Waals surface area contributed by atoms with Crippen molar-refractivity contribution in [2.75, 3.05) is 4.90 Å². The fourth-order valence-corrected chi connectivity index (χ4v) is 8.94. The fraction of sp³-hybridized carbons (Fsp3) is 0.127. The van der Waals surface area contributed by atoms with Crippen molar-refractivity contribution >= 4 is 39.0 Å². The number of hydrogen-bond acceptors (Lipinski definition) is 2. The average Bonchev–Trinajstić information content (AvgIpc) is 3.73. The lowest BCUT2D eigenvalue weighted by molar-refractivity contribution is 0.584. The summed E-state index contributed by atoms with van der Waals surface area (Å²) < 4.78 is 6.15. The Kier molecular flexibility index (Phi) is 8.09. The molecule has 2 heteroatoms. The van der Waals surface area contributed by atoms with Gasteiger partial charge in [0.05, 0.1) is 5.69 Å². The van der Waals surface area contributed by atoms with Gasteiger partial charge in [0.15, 0.2) is 0 Å². The zero-order chi connectivity index (χ0) is 38.9. The van der Waals surface area contributed by atoms with Gasteiger partial charge in [-0.3, -0.25) is 0 Å². The number of nitrogens with zero attached hydrogens (tertiary/aromatic N) is 1. The number of rotatable bonds is 6. The Hall–Kier alpha value is -6.64. The van der Waals surface area contributed by atoms with Gasteiger partial charge in [0.25, 0.3) is 0 Å². The molecule has 1 aromatic heterocycles. The summed E-state index contributed by atoms with van der Waals surface area (Å²) in [5.41, 5.74) is 19.1. The Morgan fingerprint density at radius 3 is 1.77 bits per heavy atom. The second-order valence-corrected chi connectivity index (χ2v) is 17.0. The number of anilines is 3. The molecule has 1 aliphatic carbocycles. The summed E-state index contributed by atoms with van der Waals surface area (Å²) >= 11 is 0. The van der Waals surface area contributed by atoms with Crippen LogP contribution in [0.25, 0.3) is 66.4 Å². The molecule has 0 N–H and O–H groups in total. The molecule has 0 atom stereocenters. The number of furan rings is 1. The highest BCUT2D eigenvalue weighted by atomic mass is 16.3. The van der Waals surface area contributed by atoms with Crippen LogP contribution in [0.15, 0.2) is 186 Å². The van der Waals surface area contributed by atoms with Crippen molar-refractivity contribution in [3.63, 3.8) is 0 Å². The molecule has 0 unspecified atom stereocenters. The van der Waals surface area contributed by atoms with E-state index in [4.69, 9.17) is 4.42 Å². The highest BCUT2D eigenvalue weighted by molar-refractivity contribution is 6.06. The van der Waals surface area contributed by atoms with Crippen LogP contribution in [0.5, 0.6) is 0 Å². The molecule has 0 saturated heterocycles. The molecule has 9 aromatic rings. The third kappa shape index (κ3) is 5.87. The average molecular weight is 736 g/mol. The maximum absolute atomic E-state index is 6.15. The van der Waals surface area contributed by atoms with Gasteiger partial charge in [0.2, 0.25) is 0 Å². The van der Waals surface area contributed by atoms with Crippen LogP contribution < -0.4 is 4.90 Å². The molecule has 0 radical (unpaired) electrons. The van der Waals surface area contributed by atoms with Crippen LogP contribution in [0, 0.1) is 0 Å². The molecule has 0 amide bonds. The van der Waals surface area contributed by atoms with Gasteiger partial charge in [0, 0.05) is 33.1 Å². The van der Waals surface area contributed by atoms with Gasteiger partial charge in [-0.25, -0.2) is 0 Å². The van der Waals surface area contributed by atoms with Gasteiger partial charge < -0.3 is 9.32 Å². The highest BCUT2D eigenvalue weighted by Gasteiger charge is 2.38. The monoisotopic (exact) mass is 735 g/mol. The third-order valence-corrected chi connectivity index (χ3v) is 12.1. The summed E-state index contributed by atoms with van der Waals surface area (Å²) in [6.45, 7) is 11.7. The molecule has 10 rings (SSSR count). The van der Waals surface area contributed by atoms with Crippen LogP contribution in [0.4, 0.5) is 17.1 Å². The Morgan fingerprint density at radius 2 is 1.04 bits per heavy atom. The smallest absolute Gasteiger partial charge is 0.135 e. The van der Waals surface area contributed by atoms with E-state index in [1.807, 2.05) is 12.1 Å². The van der Waals surface area contributed by atoms with Crippen molar-refractivity contribution in [1.29, 1.82) is 0 Å². The van der Waals surface area contributed by atoms with Crippen molar-refractivity contribution in [2.24, 2.45) is 0 Å². The van der Waals surface area contributed by atoms with Gasteiger partial charge in [-0.1, -0.05) is 168 Å². The molecule has 276 valence electrons. The van der Waals surface area contributed by atoms with Gasteiger partial charge in [0.1, 0.15) is 11.2 Å². The Labute approximate surface area is 335 Å². The maximum Gasteiger partial charge on any atom is 0.135 e. The lowest BCUT2D eigenvalue weighted by Crippen LogP contribution is -2.17. The van der Waals surface area contributed by atoms with E-state index in [-0.39, 0.29) is 10.8 Å². The first-order valence-electron chi connectivity index (χ1n) is 20.0. The van der Waals surface area contributed by atoms with Crippen molar-refractivity contribution in [3.05, 3.63) is 199 Å². The standard InChI is InChI=1S/C55H45NO/c1-54(2,3)40-27-32-46-49(35-40)55(4,5)48-19-13-18-45(53(46)48)43-16-9-11-20-50(43)56(41-28-22-37(23-29-41)36-14-7-6-8-15-36)42-30-24-38(25-31-42)39-26-33-52-47(34-39)44-17-10-12-21-51(44)57-52/h6-35H,1-5H3. The van der Waals surface area contributed by atoms with Gasteiger partial charge in [-0.2, -0.15) is 0 Å². The zero-order valence-corrected chi connectivity index (χ0v) is 33.2. The SMILES string of the molecule is CC(C)(C)c1ccc2c(c1)C(C)(C)c1cccc(-c3ccccc3N(c3ccc(-c4ccccc4)cc3)c3ccc(-c4ccc5oc6ccccc6c5c4)cc3)c1-2. The van der Waals surface area contributed by atoms with Crippen LogP contribution in [-0.4, -0.2) is 0 Å². The van der Waals surface area contributed by atoms with Crippen LogP contribution in [0.3, 0.4) is 0 Å². The molecule has 0 aliphatic heterocycles. The van der Waals surface area contributed by atoms with E-state index < -0.39 is 0 Å². The van der Waals surface area contributed by atoms with Gasteiger partial charge >= 0.3 is 0 Å². The van der Waals surface area contributed by atoms with Crippen molar-refractivity contribution in [3.8, 4) is 44.5 Å². The normalized spacial score (nSPS) is 13.1. The molecule has 2 nitrogen and oxygen atoms in total. The Balaban J connectivity index is 1.12. The van der Waals surface area contributed by atoms with Crippen molar-refractivity contribution in [2.45, 2.75) is 45.4 Å². The molecular weight excluding hydrogens is 691 g/mol. The first kappa shape index (κ1) is 34.8. The lowest BCUT2D eigenvalue weighted by Gasteiger charge is -2.29. The van der Waals surface area contributed by atoms with Crippen molar-refractivity contribution < 1.29 is 4.42 Å². The van der Waals surface area contributed by atoms with Crippen LogP contribution in [0.2, 0.25) is 0 Å². The summed E-state index contributed by atoms with van der Waals surface area (Å²) in [5, 5.41) is 2.27. The maximum atomic E-state index is 6.15. The number of fused-ring (bicyclic) bond motifs is 6. The second kappa shape index (κ2) is 13.2. The summed E-state index contributed by atoms with van der Waals surface area (Å²) in [5.74, 6) is 0. The Morgan fingerprint density at radius 1 is 0.439 bits per heavy atom. The predicted octanol–water partition coefficient (Wildman–Crippen LogP) is 15.7. The van der Waals surface area contributed by atoms with E-state index in [0.29, 0.717) is 0 Å². The molecule has 0 spiro atoms. The largest absolute Gasteiger partial charge is 0.456 e. The minimum Gasteiger partial charge on any atom is -0.456 e. The summed E-state index contributed by atoms with van der Waals surface area (Å²) in [4.78, 5) is 2.42. The summed E-state index contributed by atoms with van der Waals surface area (Å²) in [7, 11) is 0. The first-order chi connectivity index (χ1) is 27.6. The first-order valence-corrected chi connectivity index (χ1v) is 20.0. The zero-order valence-electron chi connectivity index (χ0n) is 33.2. The predicted molar refractivity (Wildman–Crippen MR) is 241 cm³/mol. The molecule has 0 saturated carbocycles.